The third-order valence-electron chi connectivity index (χ3n) is 4.74. The molecular formula is C16H22BrNO. The van der Waals surface area contributed by atoms with Crippen LogP contribution < -0.4 is 5.32 Å². The first-order chi connectivity index (χ1) is 9.26. The smallest absolute Gasteiger partial charge is 0.0474 e. The summed E-state index contributed by atoms with van der Waals surface area (Å²) in [6.07, 6.45) is 7.21. The number of hydrogen-bond acceptors (Lipinski definition) is 2. The monoisotopic (exact) mass is 323 g/mol. The number of fused-ring (bicyclic) bond motifs is 1. The molecule has 2 N–H and O–H groups in total. The lowest BCUT2D eigenvalue weighted by Crippen LogP contribution is -2.44. The van der Waals surface area contributed by atoms with Crippen molar-refractivity contribution in [2.24, 2.45) is 5.92 Å². The average molecular weight is 324 g/mol. The SMILES string of the molecule is OCC1CCCC1NC1CCc2cc(Br)ccc2C1. The molecule has 19 heavy (non-hydrogen) atoms. The molecule has 1 aromatic carbocycles. The van der Waals surface area contributed by atoms with Crippen LogP contribution in [0.5, 0.6) is 0 Å². The Labute approximate surface area is 123 Å². The van der Waals surface area contributed by atoms with Gasteiger partial charge in [0, 0.05) is 23.2 Å². The molecule has 1 fully saturated rings. The van der Waals surface area contributed by atoms with E-state index >= 15 is 0 Å². The van der Waals surface area contributed by atoms with E-state index in [0.717, 1.165) is 6.42 Å². The van der Waals surface area contributed by atoms with Crippen LogP contribution in [0.1, 0.15) is 36.8 Å². The minimum Gasteiger partial charge on any atom is -0.396 e. The highest BCUT2D eigenvalue weighted by molar-refractivity contribution is 9.10. The van der Waals surface area contributed by atoms with E-state index in [0.29, 0.717) is 24.6 Å². The van der Waals surface area contributed by atoms with Crippen molar-refractivity contribution in [2.45, 2.75) is 50.6 Å². The molecule has 3 unspecified atom stereocenters. The van der Waals surface area contributed by atoms with E-state index in [9.17, 15) is 5.11 Å². The summed E-state index contributed by atoms with van der Waals surface area (Å²) in [4.78, 5) is 0. The maximum atomic E-state index is 9.41. The molecule has 3 heteroatoms. The first-order valence-corrected chi connectivity index (χ1v) is 8.20. The molecule has 3 atom stereocenters. The molecule has 0 amide bonds. The zero-order chi connectivity index (χ0) is 13.2. The van der Waals surface area contributed by atoms with Crippen LogP contribution in [0.25, 0.3) is 0 Å². The van der Waals surface area contributed by atoms with E-state index in [2.05, 4.69) is 39.4 Å². The lowest BCUT2D eigenvalue weighted by Gasteiger charge is -2.30. The number of halogens is 1. The molecule has 0 heterocycles. The van der Waals surface area contributed by atoms with E-state index in [1.807, 2.05) is 0 Å². The molecule has 2 aliphatic rings. The summed E-state index contributed by atoms with van der Waals surface area (Å²) < 4.78 is 1.19. The second-order valence-electron chi connectivity index (χ2n) is 6.00. The Balaban J connectivity index is 1.64. The Morgan fingerprint density at radius 3 is 2.95 bits per heavy atom. The molecule has 0 spiro atoms. The summed E-state index contributed by atoms with van der Waals surface area (Å²) in [5.74, 6) is 0.478. The van der Waals surface area contributed by atoms with E-state index in [1.54, 1.807) is 0 Å². The summed E-state index contributed by atoms with van der Waals surface area (Å²) in [7, 11) is 0. The highest BCUT2D eigenvalue weighted by atomic mass is 79.9. The van der Waals surface area contributed by atoms with Gasteiger partial charge in [0.2, 0.25) is 0 Å². The molecule has 104 valence electrons. The largest absolute Gasteiger partial charge is 0.396 e. The van der Waals surface area contributed by atoms with Crippen molar-refractivity contribution in [3.05, 3.63) is 33.8 Å². The standard InChI is InChI=1S/C16H22BrNO/c17-14-6-4-12-9-15(7-5-11(12)8-14)18-16-3-1-2-13(16)10-19/h4,6,8,13,15-16,18-19H,1-3,5,7,9-10H2. The Morgan fingerprint density at radius 1 is 1.21 bits per heavy atom. The van der Waals surface area contributed by atoms with Gasteiger partial charge in [0.15, 0.2) is 0 Å². The highest BCUT2D eigenvalue weighted by Crippen LogP contribution is 2.29. The Hall–Kier alpha value is -0.380. The highest BCUT2D eigenvalue weighted by Gasteiger charge is 2.29. The van der Waals surface area contributed by atoms with E-state index < -0.39 is 0 Å². The quantitative estimate of drug-likeness (QED) is 0.896. The van der Waals surface area contributed by atoms with Crippen molar-refractivity contribution >= 4 is 15.9 Å². The molecule has 0 aromatic heterocycles. The van der Waals surface area contributed by atoms with E-state index in [1.165, 1.54) is 47.7 Å². The zero-order valence-electron chi connectivity index (χ0n) is 11.2. The predicted molar refractivity (Wildman–Crippen MR) is 81.3 cm³/mol. The number of aryl methyl sites for hydroxylation is 1. The number of benzene rings is 1. The third-order valence-corrected chi connectivity index (χ3v) is 5.23. The first kappa shape index (κ1) is 13.6. The van der Waals surface area contributed by atoms with Gasteiger partial charge in [0.1, 0.15) is 0 Å². The van der Waals surface area contributed by atoms with Crippen LogP contribution in [0.4, 0.5) is 0 Å². The summed E-state index contributed by atoms with van der Waals surface area (Å²) in [5, 5.41) is 13.2. The molecule has 0 saturated heterocycles. The molecule has 1 saturated carbocycles. The van der Waals surface area contributed by atoms with Crippen LogP contribution >= 0.6 is 15.9 Å². The van der Waals surface area contributed by atoms with Crippen molar-refractivity contribution in [2.75, 3.05) is 6.61 Å². The second-order valence-corrected chi connectivity index (χ2v) is 6.92. The summed E-state index contributed by atoms with van der Waals surface area (Å²) >= 11 is 3.55. The number of rotatable bonds is 3. The predicted octanol–water partition coefficient (Wildman–Crippen LogP) is 3.06. The van der Waals surface area contributed by atoms with Gasteiger partial charge < -0.3 is 10.4 Å². The number of nitrogens with one attached hydrogen (secondary N) is 1. The van der Waals surface area contributed by atoms with E-state index in [-0.39, 0.29) is 0 Å². The molecule has 2 nitrogen and oxygen atoms in total. The van der Waals surface area contributed by atoms with Crippen LogP contribution in [-0.2, 0) is 12.8 Å². The topological polar surface area (TPSA) is 32.3 Å². The van der Waals surface area contributed by atoms with Crippen molar-refractivity contribution in [3.63, 3.8) is 0 Å². The van der Waals surface area contributed by atoms with Gasteiger partial charge in [-0.1, -0.05) is 28.4 Å². The molecular weight excluding hydrogens is 302 g/mol. The first-order valence-electron chi connectivity index (χ1n) is 7.40. The second kappa shape index (κ2) is 5.94. The van der Waals surface area contributed by atoms with E-state index in [4.69, 9.17) is 0 Å². The lowest BCUT2D eigenvalue weighted by atomic mass is 9.87. The molecule has 2 aliphatic carbocycles. The molecule has 0 aliphatic heterocycles. The van der Waals surface area contributed by atoms with Crippen LogP contribution in [0.15, 0.2) is 22.7 Å². The van der Waals surface area contributed by atoms with Gasteiger partial charge in [-0.15, -0.1) is 0 Å². The van der Waals surface area contributed by atoms with Crippen LogP contribution in [-0.4, -0.2) is 23.8 Å². The van der Waals surface area contributed by atoms with Crippen molar-refractivity contribution < 1.29 is 5.11 Å². The fourth-order valence-corrected chi connectivity index (χ4v) is 4.05. The minimum absolute atomic E-state index is 0.341. The van der Waals surface area contributed by atoms with Gasteiger partial charge >= 0.3 is 0 Å². The average Bonchev–Trinajstić information content (AvgIpc) is 2.86. The Bertz CT molecular complexity index is 448. The van der Waals surface area contributed by atoms with Crippen LogP contribution in [0.3, 0.4) is 0 Å². The van der Waals surface area contributed by atoms with Crippen molar-refractivity contribution in [3.8, 4) is 0 Å². The normalized spacial score (nSPS) is 30.3. The number of aliphatic hydroxyl groups is 1. The van der Waals surface area contributed by atoms with Gasteiger partial charge in [0.05, 0.1) is 0 Å². The summed E-state index contributed by atoms with van der Waals surface area (Å²) in [5.41, 5.74) is 2.99. The zero-order valence-corrected chi connectivity index (χ0v) is 12.8. The molecule has 0 radical (unpaired) electrons. The van der Waals surface area contributed by atoms with Crippen LogP contribution in [0, 0.1) is 5.92 Å². The number of aliphatic hydroxyl groups excluding tert-OH is 1. The summed E-state index contributed by atoms with van der Waals surface area (Å²) in [6.45, 7) is 0.341. The Morgan fingerprint density at radius 2 is 2.11 bits per heavy atom. The molecule has 0 bridgehead atoms. The van der Waals surface area contributed by atoms with Crippen LogP contribution in [0.2, 0.25) is 0 Å². The summed E-state index contributed by atoms with van der Waals surface area (Å²) in [6, 6.07) is 7.79. The maximum absolute atomic E-state index is 9.41. The third kappa shape index (κ3) is 3.04. The van der Waals surface area contributed by atoms with Gasteiger partial charge in [-0.25, -0.2) is 0 Å². The van der Waals surface area contributed by atoms with Crippen molar-refractivity contribution in [1.29, 1.82) is 0 Å². The minimum atomic E-state index is 0.341. The molecule has 3 rings (SSSR count). The fourth-order valence-electron chi connectivity index (χ4n) is 3.64. The van der Waals surface area contributed by atoms with Gasteiger partial charge in [0.25, 0.3) is 0 Å². The maximum Gasteiger partial charge on any atom is 0.0474 e. The Kier molecular flexibility index (Phi) is 4.25. The fraction of sp³-hybridized carbons (Fsp3) is 0.625. The number of hydrogen-bond donors (Lipinski definition) is 2. The van der Waals surface area contributed by atoms with Gasteiger partial charge in [-0.2, -0.15) is 0 Å². The van der Waals surface area contributed by atoms with Gasteiger partial charge in [-0.3, -0.25) is 0 Å². The molecule has 1 aromatic rings. The van der Waals surface area contributed by atoms with Gasteiger partial charge in [-0.05, 0) is 61.3 Å². The lowest BCUT2D eigenvalue weighted by molar-refractivity contribution is 0.197. The van der Waals surface area contributed by atoms with Crippen molar-refractivity contribution in [1.82, 2.24) is 5.32 Å².